The zero-order valence-corrected chi connectivity index (χ0v) is 22.8. The van der Waals surface area contributed by atoms with Crippen molar-refractivity contribution < 1.29 is 34.2 Å². The van der Waals surface area contributed by atoms with Crippen LogP contribution in [-0.4, -0.2) is 74.7 Å². The Labute approximate surface area is 240 Å². The smallest absolute Gasteiger partial charge is 0.326 e. The van der Waals surface area contributed by atoms with Crippen molar-refractivity contribution in [3.8, 4) is 5.75 Å². The van der Waals surface area contributed by atoms with E-state index in [1.807, 2.05) is 24.3 Å². The number of phenols is 1. The van der Waals surface area contributed by atoms with E-state index in [0.717, 1.165) is 16.5 Å². The van der Waals surface area contributed by atoms with E-state index in [4.69, 9.17) is 11.5 Å². The van der Waals surface area contributed by atoms with Crippen molar-refractivity contribution >= 4 is 53.1 Å². The summed E-state index contributed by atoms with van der Waals surface area (Å²) in [5, 5.41) is 27.1. The normalized spacial score (nSPS) is 13.9. The lowest BCUT2D eigenvalue weighted by atomic mass is 10.0. The minimum Gasteiger partial charge on any atom is -0.508 e. The fourth-order valence-electron chi connectivity index (χ4n) is 4.13. The number of carbonyl (C=O) groups is 5. The van der Waals surface area contributed by atoms with Crippen molar-refractivity contribution in [2.75, 3.05) is 5.75 Å². The molecule has 0 saturated heterocycles. The molecule has 4 atom stereocenters. The predicted octanol–water partition coefficient (Wildman–Crippen LogP) is -0.670. The van der Waals surface area contributed by atoms with Gasteiger partial charge >= 0.3 is 5.97 Å². The van der Waals surface area contributed by atoms with E-state index in [-0.39, 0.29) is 24.3 Å². The van der Waals surface area contributed by atoms with Crippen LogP contribution in [0.5, 0.6) is 5.75 Å². The summed E-state index contributed by atoms with van der Waals surface area (Å²) in [7, 11) is 0. The number of carbonyl (C=O) groups excluding carboxylic acids is 4. The zero-order chi connectivity index (χ0) is 30.1. The number of aromatic nitrogens is 1. The maximum atomic E-state index is 13.1. The van der Waals surface area contributed by atoms with Gasteiger partial charge in [0.2, 0.25) is 23.6 Å². The van der Waals surface area contributed by atoms with Gasteiger partial charge in [-0.2, -0.15) is 12.6 Å². The monoisotopic (exact) mass is 584 g/mol. The van der Waals surface area contributed by atoms with E-state index in [9.17, 15) is 34.2 Å². The molecule has 41 heavy (non-hydrogen) atoms. The maximum absolute atomic E-state index is 13.1. The number of amides is 4. The molecule has 14 heteroatoms. The molecular weight excluding hydrogens is 552 g/mol. The van der Waals surface area contributed by atoms with Crippen LogP contribution in [0.25, 0.3) is 10.9 Å². The van der Waals surface area contributed by atoms with Crippen molar-refractivity contribution in [3.63, 3.8) is 0 Å². The first-order valence-corrected chi connectivity index (χ1v) is 13.2. The number of fused-ring (bicyclic) bond motifs is 1. The van der Waals surface area contributed by atoms with Crippen LogP contribution in [-0.2, 0) is 36.8 Å². The third-order valence-corrected chi connectivity index (χ3v) is 6.66. The number of rotatable bonds is 14. The average molecular weight is 585 g/mol. The minimum absolute atomic E-state index is 0.0204. The number of aliphatic carboxylic acids is 1. The highest BCUT2D eigenvalue weighted by atomic mass is 32.1. The molecule has 3 aromatic rings. The summed E-state index contributed by atoms with van der Waals surface area (Å²) in [6.07, 6.45) is 1.19. The molecule has 218 valence electrons. The van der Waals surface area contributed by atoms with Gasteiger partial charge in [-0.15, -0.1) is 0 Å². The summed E-state index contributed by atoms with van der Waals surface area (Å²) >= 11 is 4.16. The third-order valence-electron chi connectivity index (χ3n) is 6.30. The number of hydrogen-bond acceptors (Lipinski definition) is 8. The van der Waals surface area contributed by atoms with E-state index < -0.39 is 60.2 Å². The topological polar surface area (TPSA) is 230 Å². The molecule has 0 aliphatic heterocycles. The van der Waals surface area contributed by atoms with E-state index in [0.29, 0.717) is 5.56 Å². The van der Waals surface area contributed by atoms with Crippen molar-refractivity contribution in [1.29, 1.82) is 0 Å². The molecule has 0 saturated carbocycles. The van der Waals surface area contributed by atoms with Gasteiger partial charge in [-0.1, -0.05) is 30.3 Å². The number of primary amides is 1. The van der Waals surface area contributed by atoms with Crippen LogP contribution in [0.2, 0.25) is 0 Å². The quantitative estimate of drug-likeness (QED) is 0.110. The second-order valence-corrected chi connectivity index (χ2v) is 9.78. The lowest BCUT2D eigenvalue weighted by molar-refractivity contribution is -0.143. The summed E-state index contributed by atoms with van der Waals surface area (Å²) in [5.41, 5.74) is 13.5. The molecule has 0 fully saturated rings. The highest BCUT2D eigenvalue weighted by Crippen LogP contribution is 2.19. The van der Waals surface area contributed by atoms with Crippen molar-refractivity contribution in [2.24, 2.45) is 11.5 Å². The van der Waals surface area contributed by atoms with Gasteiger partial charge in [0.1, 0.15) is 23.9 Å². The van der Waals surface area contributed by atoms with Crippen LogP contribution in [0.1, 0.15) is 17.5 Å². The molecular formula is C27H32N6O7S. The van der Waals surface area contributed by atoms with Crippen molar-refractivity contribution in [3.05, 3.63) is 65.9 Å². The van der Waals surface area contributed by atoms with Gasteiger partial charge in [-0.05, 0) is 35.7 Å². The lowest BCUT2D eigenvalue weighted by Crippen LogP contribution is -2.58. The van der Waals surface area contributed by atoms with Gasteiger partial charge in [-0.25, -0.2) is 4.79 Å². The Hall–Kier alpha value is -4.56. The van der Waals surface area contributed by atoms with Crippen LogP contribution >= 0.6 is 12.6 Å². The number of aromatic amines is 1. The summed E-state index contributed by atoms with van der Waals surface area (Å²) < 4.78 is 0. The first-order chi connectivity index (χ1) is 19.5. The van der Waals surface area contributed by atoms with Crippen LogP contribution in [0.15, 0.2) is 54.7 Å². The van der Waals surface area contributed by atoms with E-state index >= 15 is 0 Å². The number of H-pyrrole nitrogens is 1. The van der Waals surface area contributed by atoms with Gasteiger partial charge in [0.05, 0.1) is 12.5 Å². The van der Waals surface area contributed by atoms with Crippen LogP contribution < -0.4 is 27.4 Å². The number of nitrogens with two attached hydrogens (primary N) is 2. The van der Waals surface area contributed by atoms with Crippen molar-refractivity contribution in [1.82, 2.24) is 20.9 Å². The number of thiol groups is 1. The van der Waals surface area contributed by atoms with Crippen LogP contribution in [0, 0.1) is 0 Å². The molecule has 4 amide bonds. The molecule has 4 unspecified atom stereocenters. The molecule has 0 aliphatic carbocycles. The molecule has 10 N–H and O–H groups in total. The number of benzene rings is 2. The fourth-order valence-corrected chi connectivity index (χ4v) is 4.38. The van der Waals surface area contributed by atoms with E-state index in [2.05, 4.69) is 33.6 Å². The van der Waals surface area contributed by atoms with Gasteiger partial charge in [0, 0.05) is 29.3 Å². The number of hydrogen-bond donors (Lipinski definition) is 9. The molecule has 1 heterocycles. The Bertz CT molecular complexity index is 1410. The van der Waals surface area contributed by atoms with Crippen LogP contribution in [0.4, 0.5) is 0 Å². The third kappa shape index (κ3) is 8.71. The Kier molecular flexibility index (Phi) is 10.7. The molecule has 2 aromatic carbocycles. The Balaban J connectivity index is 1.71. The zero-order valence-electron chi connectivity index (χ0n) is 21.9. The molecule has 1 aromatic heterocycles. The number of carboxylic acid groups (broad SMARTS) is 1. The molecule has 3 rings (SSSR count). The molecule has 0 aliphatic rings. The average Bonchev–Trinajstić information content (AvgIpc) is 3.34. The summed E-state index contributed by atoms with van der Waals surface area (Å²) in [4.78, 5) is 65.0. The number of phenolic OH excluding ortho intramolecular Hbond substituents is 1. The van der Waals surface area contributed by atoms with Crippen molar-refractivity contribution in [2.45, 2.75) is 43.4 Å². The Morgan fingerprint density at radius 3 is 2.10 bits per heavy atom. The molecule has 0 radical (unpaired) electrons. The molecule has 0 bridgehead atoms. The van der Waals surface area contributed by atoms with Crippen LogP contribution in [0.3, 0.4) is 0 Å². The second kappa shape index (κ2) is 14.2. The number of carboxylic acids is 1. The molecule has 0 spiro atoms. The van der Waals surface area contributed by atoms with Gasteiger partial charge in [0.15, 0.2) is 0 Å². The number of aromatic hydroxyl groups is 1. The van der Waals surface area contributed by atoms with Gasteiger partial charge in [-0.3, -0.25) is 19.2 Å². The molecule has 13 nitrogen and oxygen atoms in total. The summed E-state index contributed by atoms with van der Waals surface area (Å²) in [6.45, 7) is 0. The summed E-state index contributed by atoms with van der Waals surface area (Å²) in [5.74, 6) is -4.88. The second-order valence-electron chi connectivity index (χ2n) is 9.42. The Morgan fingerprint density at radius 1 is 0.854 bits per heavy atom. The highest BCUT2D eigenvalue weighted by molar-refractivity contribution is 7.80. The van der Waals surface area contributed by atoms with Gasteiger partial charge in [0.25, 0.3) is 0 Å². The SMILES string of the molecule is NC(=O)CC(NC(=O)C(Cc1ccc(O)cc1)NC(=O)C(CS)NC(=O)C(N)Cc1c[nH]c2ccccc12)C(=O)O. The maximum Gasteiger partial charge on any atom is 0.326 e. The minimum atomic E-state index is -1.62. The highest BCUT2D eigenvalue weighted by Gasteiger charge is 2.31. The Morgan fingerprint density at radius 2 is 1.46 bits per heavy atom. The predicted molar refractivity (Wildman–Crippen MR) is 153 cm³/mol. The fraction of sp³-hybridized carbons (Fsp3) is 0.296. The number of nitrogens with one attached hydrogen (secondary N) is 4. The van der Waals surface area contributed by atoms with Gasteiger partial charge < -0.3 is 42.6 Å². The standard InChI is InChI=1S/C27H32N6O7S/c28-18(10-15-12-30-19-4-2-1-3-17(15)19)24(36)33-22(13-41)26(38)31-20(9-14-5-7-16(34)8-6-14)25(37)32-21(27(39)40)11-23(29)35/h1-8,12,18,20-22,30,34,41H,9-11,13,28H2,(H2,29,35)(H,31,38)(H,32,37)(H,33,36)(H,39,40). The lowest BCUT2D eigenvalue weighted by Gasteiger charge is -2.24. The van der Waals surface area contributed by atoms with E-state index in [1.54, 1.807) is 6.20 Å². The number of para-hydroxylation sites is 1. The first-order valence-electron chi connectivity index (χ1n) is 12.6. The largest absolute Gasteiger partial charge is 0.508 e. The summed E-state index contributed by atoms with van der Waals surface area (Å²) in [6, 6.07) is 8.20. The first kappa shape index (κ1) is 31.0. The van der Waals surface area contributed by atoms with E-state index in [1.165, 1.54) is 24.3 Å².